The SMILES string of the molecule is O=C(CCCN1C(=O)c2ccccc2C1=O)N1CC[NH+](Cc2ccncc2)CC1. The number of nitrogens with one attached hydrogen (secondary N) is 1. The summed E-state index contributed by atoms with van der Waals surface area (Å²) >= 11 is 0. The summed E-state index contributed by atoms with van der Waals surface area (Å²) in [5.74, 6) is -0.415. The van der Waals surface area contributed by atoms with Gasteiger partial charge in [0.2, 0.25) is 5.91 Å². The van der Waals surface area contributed by atoms with Crippen LogP contribution in [-0.2, 0) is 11.3 Å². The minimum Gasteiger partial charge on any atom is -0.331 e. The van der Waals surface area contributed by atoms with Crippen molar-refractivity contribution in [1.29, 1.82) is 0 Å². The summed E-state index contributed by atoms with van der Waals surface area (Å²) in [5, 5.41) is 0. The van der Waals surface area contributed by atoms with E-state index in [-0.39, 0.29) is 24.3 Å². The molecule has 0 saturated carbocycles. The molecule has 0 aliphatic carbocycles. The van der Waals surface area contributed by atoms with Crippen LogP contribution < -0.4 is 4.90 Å². The fraction of sp³-hybridized carbons (Fsp3) is 0.364. The Labute approximate surface area is 169 Å². The van der Waals surface area contributed by atoms with Crippen molar-refractivity contribution < 1.29 is 19.3 Å². The first-order chi connectivity index (χ1) is 14.1. The number of nitrogens with zero attached hydrogens (tertiary/aromatic N) is 3. The van der Waals surface area contributed by atoms with Gasteiger partial charge in [-0.2, -0.15) is 0 Å². The highest BCUT2D eigenvalue weighted by atomic mass is 16.2. The summed E-state index contributed by atoms with van der Waals surface area (Å²) in [6.07, 6.45) is 4.47. The Morgan fingerprint density at radius 2 is 1.59 bits per heavy atom. The fourth-order valence-electron chi connectivity index (χ4n) is 4.03. The van der Waals surface area contributed by atoms with Crippen LogP contribution in [0.5, 0.6) is 0 Å². The van der Waals surface area contributed by atoms with Crippen LogP contribution in [0.2, 0.25) is 0 Å². The van der Waals surface area contributed by atoms with E-state index in [0.717, 1.165) is 32.7 Å². The topological polar surface area (TPSA) is 75.0 Å². The van der Waals surface area contributed by atoms with Crippen LogP contribution in [0.3, 0.4) is 0 Å². The van der Waals surface area contributed by atoms with Gasteiger partial charge in [-0.25, -0.2) is 0 Å². The number of fused-ring (bicyclic) bond motifs is 1. The summed E-state index contributed by atoms with van der Waals surface area (Å²) in [6, 6.07) is 10.9. The Morgan fingerprint density at radius 3 is 2.21 bits per heavy atom. The summed E-state index contributed by atoms with van der Waals surface area (Å²) in [6.45, 7) is 4.56. The molecule has 1 N–H and O–H groups in total. The molecule has 7 nitrogen and oxygen atoms in total. The van der Waals surface area contributed by atoms with E-state index >= 15 is 0 Å². The van der Waals surface area contributed by atoms with E-state index in [4.69, 9.17) is 0 Å². The molecule has 1 saturated heterocycles. The highest BCUT2D eigenvalue weighted by Gasteiger charge is 2.34. The number of carbonyl (C=O) groups excluding carboxylic acids is 3. The van der Waals surface area contributed by atoms with Crippen molar-refractivity contribution in [3.05, 3.63) is 65.5 Å². The van der Waals surface area contributed by atoms with Gasteiger partial charge in [-0.15, -0.1) is 0 Å². The summed E-state index contributed by atoms with van der Waals surface area (Å²) in [4.78, 5) is 46.0. The van der Waals surface area contributed by atoms with Gasteiger partial charge >= 0.3 is 0 Å². The maximum absolute atomic E-state index is 12.5. The fourth-order valence-corrected chi connectivity index (χ4v) is 4.03. The maximum atomic E-state index is 12.5. The lowest BCUT2D eigenvalue weighted by atomic mass is 10.1. The van der Waals surface area contributed by atoms with Crippen LogP contribution in [0, 0.1) is 0 Å². The number of amides is 3. The summed E-state index contributed by atoms with van der Waals surface area (Å²) in [5.41, 5.74) is 2.17. The smallest absolute Gasteiger partial charge is 0.261 e. The van der Waals surface area contributed by atoms with Crippen molar-refractivity contribution in [2.24, 2.45) is 0 Å². The minimum absolute atomic E-state index is 0.101. The zero-order chi connectivity index (χ0) is 20.2. The Hall–Kier alpha value is -3.06. The second-order valence-electron chi connectivity index (χ2n) is 7.57. The molecule has 2 aliphatic rings. The van der Waals surface area contributed by atoms with E-state index in [2.05, 4.69) is 4.98 Å². The first-order valence-electron chi connectivity index (χ1n) is 10.1. The maximum Gasteiger partial charge on any atom is 0.261 e. The molecule has 3 amide bonds. The number of rotatable bonds is 6. The monoisotopic (exact) mass is 393 g/mol. The van der Waals surface area contributed by atoms with Gasteiger partial charge in [0.1, 0.15) is 6.54 Å². The number of quaternary nitrogens is 1. The molecule has 150 valence electrons. The molecule has 0 bridgehead atoms. The molecule has 29 heavy (non-hydrogen) atoms. The molecule has 0 spiro atoms. The number of pyridine rings is 1. The average molecular weight is 393 g/mol. The van der Waals surface area contributed by atoms with E-state index in [0.29, 0.717) is 24.0 Å². The van der Waals surface area contributed by atoms with E-state index in [1.807, 2.05) is 29.4 Å². The second-order valence-corrected chi connectivity index (χ2v) is 7.57. The zero-order valence-corrected chi connectivity index (χ0v) is 16.3. The number of hydrogen-bond donors (Lipinski definition) is 1. The summed E-state index contributed by atoms with van der Waals surface area (Å²) < 4.78 is 0. The highest BCUT2D eigenvalue weighted by molar-refractivity contribution is 6.21. The van der Waals surface area contributed by atoms with Crippen molar-refractivity contribution in [2.45, 2.75) is 19.4 Å². The van der Waals surface area contributed by atoms with Crippen molar-refractivity contribution in [2.75, 3.05) is 32.7 Å². The molecular weight excluding hydrogens is 368 g/mol. The lowest BCUT2D eigenvalue weighted by Crippen LogP contribution is -3.13. The predicted molar refractivity (Wildman–Crippen MR) is 106 cm³/mol. The molecule has 0 radical (unpaired) electrons. The van der Waals surface area contributed by atoms with Gasteiger partial charge in [0, 0.05) is 30.9 Å². The molecule has 0 atom stereocenters. The van der Waals surface area contributed by atoms with Crippen LogP contribution in [0.4, 0.5) is 0 Å². The lowest BCUT2D eigenvalue weighted by molar-refractivity contribution is -0.917. The quantitative estimate of drug-likeness (QED) is 0.721. The number of hydrogen-bond acceptors (Lipinski definition) is 4. The minimum atomic E-state index is -0.258. The van der Waals surface area contributed by atoms with Crippen molar-refractivity contribution in [3.8, 4) is 0 Å². The van der Waals surface area contributed by atoms with Crippen LogP contribution >= 0.6 is 0 Å². The normalized spacial score (nSPS) is 17.0. The highest BCUT2D eigenvalue weighted by Crippen LogP contribution is 2.22. The molecule has 3 heterocycles. The van der Waals surface area contributed by atoms with Crippen LogP contribution in [-0.4, -0.2) is 65.2 Å². The van der Waals surface area contributed by atoms with E-state index in [1.165, 1.54) is 15.4 Å². The third kappa shape index (κ3) is 4.19. The zero-order valence-electron chi connectivity index (χ0n) is 16.3. The Balaban J connectivity index is 1.21. The van der Waals surface area contributed by atoms with Gasteiger partial charge in [-0.1, -0.05) is 12.1 Å². The standard InChI is InChI=1S/C22H24N4O3/c27-20(25-14-12-24(13-15-25)16-17-7-9-23-10-8-17)6-3-11-26-21(28)18-4-1-2-5-19(18)22(26)29/h1-2,4-5,7-10H,3,6,11-16H2/p+1. The van der Waals surface area contributed by atoms with Gasteiger partial charge in [-0.3, -0.25) is 24.3 Å². The van der Waals surface area contributed by atoms with Crippen LogP contribution in [0.1, 0.15) is 39.1 Å². The number of piperazine rings is 1. The second kappa shape index (κ2) is 8.53. The van der Waals surface area contributed by atoms with E-state index in [9.17, 15) is 14.4 Å². The third-order valence-corrected chi connectivity index (χ3v) is 5.68. The first-order valence-corrected chi connectivity index (χ1v) is 10.1. The number of carbonyl (C=O) groups is 3. The van der Waals surface area contributed by atoms with Crippen molar-refractivity contribution >= 4 is 17.7 Å². The third-order valence-electron chi connectivity index (χ3n) is 5.68. The van der Waals surface area contributed by atoms with Crippen LogP contribution in [0.15, 0.2) is 48.8 Å². The first kappa shape index (κ1) is 19.3. The average Bonchev–Trinajstić information content (AvgIpc) is 3.00. The molecule has 2 aromatic rings. The Bertz CT molecular complexity index is 872. The molecule has 0 unspecified atom stereocenters. The van der Waals surface area contributed by atoms with Gasteiger partial charge in [-0.05, 0) is 30.7 Å². The molecule has 2 aliphatic heterocycles. The number of benzene rings is 1. The Morgan fingerprint density at radius 1 is 0.966 bits per heavy atom. The largest absolute Gasteiger partial charge is 0.331 e. The molecule has 1 fully saturated rings. The molecule has 4 rings (SSSR count). The molecule has 1 aromatic heterocycles. The molecule has 1 aromatic carbocycles. The van der Waals surface area contributed by atoms with Crippen molar-refractivity contribution in [1.82, 2.24) is 14.8 Å². The number of aromatic nitrogens is 1. The van der Waals surface area contributed by atoms with Gasteiger partial charge < -0.3 is 9.80 Å². The van der Waals surface area contributed by atoms with E-state index < -0.39 is 0 Å². The van der Waals surface area contributed by atoms with Crippen molar-refractivity contribution in [3.63, 3.8) is 0 Å². The van der Waals surface area contributed by atoms with Gasteiger partial charge in [0.05, 0.1) is 37.3 Å². The molecule has 7 heteroatoms. The van der Waals surface area contributed by atoms with Crippen LogP contribution in [0.25, 0.3) is 0 Å². The van der Waals surface area contributed by atoms with Gasteiger partial charge in [0.15, 0.2) is 0 Å². The lowest BCUT2D eigenvalue weighted by Gasteiger charge is -2.32. The Kier molecular flexibility index (Phi) is 5.67. The molecular formula is C22H25N4O3+. The predicted octanol–water partition coefficient (Wildman–Crippen LogP) is 0.385. The van der Waals surface area contributed by atoms with Gasteiger partial charge in [0.25, 0.3) is 11.8 Å². The summed E-state index contributed by atoms with van der Waals surface area (Å²) in [7, 11) is 0. The number of imide groups is 1. The van der Waals surface area contributed by atoms with E-state index in [1.54, 1.807) is 24.3 Å².